The summed E-state index contributed by atoms with van der Waals surface area (Å²) < 4.78 is 12.1. The van der Waals surface area contributed by atoms with Gasteiger partial charge in [-0.2, -0.15) is 0 Å². The van der Waals surface area contributed by atoms with Crippen molar-refractivity contribution in [3.63, 3.8) is 0 Å². The zero-order valence-electron chi connectivity index (χ0n) is 18.5. The molecule has 1 heterocycles. The normalized spacial score (nSPS) is 14.5. The number of para-hydroxylation sites is 1. The van der Waals surface area contributed by atoms with Crippen molar-refractivity contribution in [3.05, 3.63) is 97.9 Å². The number of rotatable bonds is 8. The van der Waals surface area contributed by atoms with Crippen molar-refractivity contribution in [2.45, 2.75) is 13.5 Å². The van der Waals surface area contributed by atoms with Gasteiger partial charge < -0.3 is 9.47 Å². The van der Waals surface area contributed by atoms with Gasteiger partial charge in [0.05, 0.1) is 27.1 Å². The summed E-state index contributed by atoms with van der Waals surface area (Å²) in [5, 5.41) is 11.3. The van der Waals surface area contributed by atoms with Crippen LogP contribution >= 0.6 is 35.6 Å². The fourth-order valence-electron chi connectivity index (χ4n) is 3.41. The molecule has 1 saturated heterocycles. The first kappa shape index (κ1) is 24.7. The highest BCUT2D eigenvalue weighted by atomic mass is 35.5. The van der Waals surface area contributed by atoms with E-state index in [1.165, 1.54) is 28.8 Å². The number of nitro groups is 1. The molecule has 0 spiro atoms. The molecule has 0 bridgehead atoms. The molecule has 1 fully saturated rings. The predicted molar refractivity (Wildman–Crippen MR) is 142 cm³/mol. The van der Waals surface area contributed by atoms with E-state index in [0.717, 1.165) is 0 Å². The fraction of sp³-hybridized carbons (Fsp3) is 0.120. The Morgan fingerprint density at radius 1 is 1.11 bits per heavy atom. The smallest absolute Gasteiger partial charge is 0.270 e. The summed E-state index contributed by atoms with van der Waals surface area (Å²) in [6.07, 6.45) is 1.71. The minimum absolute atomic E-state index is 0.0228. The number of thiocarbonyl (C=S) groups is 1. The third-order valence-corrected chi connectivity index (χ3v) is 6.53. The number of amides is 1. The summed E-state index contributed by atoms with van der Waals surface area (Å²) in [6, 6.07) is 18.8. The van der Waals surface area contributed by atoms with E-state index in [-0.39, 0.29) is 23.2 Å². The van der Waals surface area contributed by atoms with Crippen LogP contribution in [0, 0.1) is 10.1 Å². The van der Waals surface area contributed by atoms with Gasteiger partial charge in [0.1, 0.15) is 6.61 Å². The lowest BCUT2D eigenvalue weighted by Gasteiger charge is -2.15. The van der Waals surface area contributed by atoms with E-state index in [1.807, 2.05) is 37.3 Å². The van der Waals surface area contributed by atoms with E-state index in [9.17, 15) is 14.9 Å². The summed E-state index contributed by atoms with van der Waals surface area (Å²) in [7, 11) is 0. The molecule has 0 N–H and O–H groups in total. The van der Waals surface area contributed by atoms with Crippen LogP contribution in [0.1, 0.15) is 18.1 Å². The number of halogens is 1. The van der Waals surface area contributed by atoms with E-state index in [4.69, 9.17) is 33.3 Å². The van der Waals surface area contributed by atoms with Crippen LogP contribution in [0.3, 0.4) is 0 Å². The standard InChI is InChI=1S/C25H19ClN2O5S2/c1-2-32-21-13-17(14-22-24(29)27(25(34)35-22)18-8-4-3-5-9-18)12-20(26)23(21)33-15-16-7-6-10-19(11-16)28(30)31/h3-14H,2,15H2,1H3/b22-14+. The van der Waals surface area contributed by atoms with Gasteiger partial charge in [0.2, 0.25) is 0 Å². The average molecular weight is 527 g/mol. The molecule has 10 heteroatoms. The lowest BCUT2D eigenvalue weighted by Crippen LogP contribution is -2.27. The first-order valence-corrected chi connectivity index (χ1v) is 12.1. The maximum absolute atomic E-state index is 13.0. The maximum Gasteiger partial charge on any atom is 0.270 e. The number of non-ortho nitro benzene ring substituents is 1. The first-order valence-electron chi connectivity index (χ1n) is 10.5. The van der Waals surface area contributed by atoms with E-state index in [2.05, 4.69) is 0 Å². The topological polar surface area (TPSA) is 81.9 Å². The Balaban J connectivity index is 1.59. The highest BCUT2D eigenvalue weighted by Gasteiger charge is 2.33. The van der Waals surface area contributed by atoms with Gasteiger partial charge in [0, 0.05) is 12.1 Å². The number of anilines is 1. The summed E-state index contributed by atoms with van der Waals surface area (Å²) in [4.78, 5) is 25.5. The molecule has 7 nitrogen and oxygen atoms in total. The van der Waals surface area contributed by atoms with Gasteiger partial charge in [-0.05, 0) is 48.4 Å². The van der Waals surface area contributed by atoms with Gasteiger partial charge in [0.25, 0.3) is 11.6 Å². The average Bonchev–Trinajstić information content (AvgIpc) is 3.12. The second-order valence-electron chi connectivity index (χ2n) is 7.33. The van der Waals surface area contributed by atoms with Crippen LogP contribution in [0.4, 0.5) is 11.4 Å². The van der Waals surface area contributed by atoms with Crippen LogP contribution in [0.2, 0.25) is 5.02 Å². The number of hydrogen-bond donors (Lipinski definition) is 0. The highest BCUT2D eigenvalue weighted by molar-refractivity contribution is 8.27. The minimum Gasteiger partial charge on any atom is -0.490 e. The second-order valence-corrected chi connectivity index (χ2v) is 9.41. The first-order chi connectivity index (χ1) is 16.9. The summed E-state index contributed by atoms with van der Waals surface area (Å²) in [5.41, 5.74) is 1.95. The second kappa shape index (κ2) is 10.9. The van der Waals surface area contributed by atoms with Crippen molar-refractivity contribution >= 4 is 63.3 Å². The van der Waals surface area contributed by atoms with Crippen molar-refractivity contribution in [3.8, 4) is 11.5 Å². The third kappa shape index (κ3) is 5.64. The van der Waals surface area contributed by atoms with Crippen molar-refractivity contribution in [1.29, 1.82) is 0 Å². The number of carbonyl (C=O) groups is 1. The molecule has 1 aliphatic heterocycles. The van der Waals surface area contributed by atoms with E-state index < -0.39 is 4.92 Å². The molecule has 0 saturated carbocycles. The van der Waals surface area contributed by atoms with Gasteiger partial charge in [0.15, 0.2) is 15.8 Å². The van der Waals surface area contributed by atoms with E-state index in [1.54, 1.807) is 30.3 Å². The van der Waals surface area contributed by atoms with Crippen LogP contribution < -0.4 is 14.4 Å². The van der Waals surface area contributed by atoms with Crippen molar-refractivity contribution < 1.29 is 19.2 Å². The largest absolute Gasteiger partial charge is 0.490 e. The Labute approximate surface area is 216 Å². The zero-order valence-corrected chi connectivity index (χ0v) is 20.9. The predicted octanol–water partition coefficient (Wildman–Crippen LogP) is 6.63. The van der Waals surface area contributed by atoms with Gasteiger partial charge in [-0.1, -0.05) is 65.9 Å². The maximum atomic E-state index is 13.0. The van der Waals surface area contributed by atoms with Crippen LogP contribution in [0.15, 0.2) is 71.6 Å². The Hall–Kier alpha value is -3.40. The summed E-state index contributed by atoms with van der Waals surface area (Å²) in [6.45, 7) is 2.26. The Kier molecular flexibility index (Phi) is 7.70. The lowest BCUT2D eigenvalue weighted by molar-refractivity contribution is -0.384. The van der Waals surface area contributed by atoms with Gasteiger partial charge in [-0.3, -0.25) is 19.8 Å². The molecule has 1 aliphatic rings. The van der Waals surface area contributed by atoms with Gasteiger partial charge >= 0.3 is 0 Å². The number of carbonyl (C=O) groups excluding carboxylic acids is 1. The Bertz CT molecular complexity index is 1330. The van der Waals surface area contributed by atoms with Crippen molar-refractivity contribution in [2.24, 2.45) is 0 Å². The molecule has 1 amide bonds. The van der Waals surface area contributed by atoms with E-state index in [0.29, 0.717) is 44.1 Å². The Morgan fingerprint density at radius 2 is 1.89 bits per heavy atom. The van der Waals surface area contributed by atoms with Gasteiger partial charge in [-0.15, -0.1) is 0 Å². The van der Waals surface area contributed by atoms with Crippen LogP contribution in [0.25, 0.3) is 6.08 Å². The molecular weight excluding hydrogens is 508 g/mol. The van der Waals surface area contributed by atoms with Crippen LogP contribution in [-0.2, 0) is 11.4 Å². The van der Waals surface area contributed by atoms with Gasteiger partial charge in [-0.25, -0.2) is 0 Å². The van der Waals surface area contributed by atoms with Crippen LogP contribution in [0.5, 0.6) is 11.5 Å². The highest BCUT2D eigenvalue weighted by Crippen LogP contribution is 2.40. The molecule has 4 rings (SSSR count). The number of thioether (sulfide) groups is 1. The molecule has 3 aromatic carbocycles. The lowest BCUT2D eigenvalue weighted by atomic mass is 10.1. The molecular formula is C25H19ClN2O5S2. The SMILES string of the molecule is CCOc1cc(/C=C2/SC(=S)N(c3ccccc3)C2=O)cc(Cl)c1OCc1cccc([N+](=O)[O-])c1. The fourth-order valence-corrected chi connectivity index (χ4v) is 4.98. The number of benzene rings is 3. The number of nitro benzene ring substituents is 1. The summed E-state index contributed by atoms with van der Waals surface area (Å²) in [5.74, 6) is 0.496. The quantitative estimate of drug-likeness (QED) is 0.141. The monoisotopic (exact) mass is 526 g/mol. The van der Waals surface area contributed by atoms with Crippen molar-refractivity contribution in [1.82, 2.24) is 0 Å². The minimum atomic E-state index is -0.461. The number of ether oxygens (including phenoxy) is 2. The zero-order chi connectivity index (χ0) is 24.9. The molecule has 0 atom stereocenters. The molecule has 178 valence electrons. The molecule has 0 radical (unpaired) electrons. The molecule has 3 aromatic rings. The number of hydrogen-bond acceptors (Lipinski definition) is 7. The molecule has 0 unspecified atom stereocenters. The number of nitrogens with zero attached hydrogens (tertiary/aromatic N) is 2. The molecule has 0 aromatic heterocycles. The molecule has 35 heavy (non-hydrogen) atoms. The molecule has 0 aliphatic carbocycles. The Morgan fingerprint density at radius 3 is 2.60 bits per heavy atom. The van der Waals surface area contributed by atoms with Crippen LogP contribution in [-0.4, -0.2) is 21.8 Å². The van der Waals surface area contributed by atoms with E-state index >= 15 is 0 Å². The van der Waals surface area contributed by atoms with Crippen molar-refractivity contribution in [2.75, 3.05) is 11.5 Å². The summed E-state index contributed by atoms with van der Waals surface area (Å²) >= 11 is 13.2. The third-order valence-electron chi connectivity index (χ3n) is 4.94.